The Morgan fingerprint density at radius 2 is 2.17 bits per heavy atom. The van der Waals surface area contributed by atoms with Crippen molar-refractivity contribution in [1.82, 2.24) is 10.2 Å². The summed E-state index contributed by atoms with van der Waals surface area (Å²) in [6.45, 7) is 1.31. The van der Waals surface area contributed by atoms with Crippen molar-refractivity contribution in [3.05, 3.63) is 34.1 Å². The highest BCUT2D eigenvalue weighted by Gasteiger charge is 2.20. The number of nitrogens with one attached hydrogen (secondary N) is 1. The third kappa shape index (κ3) is 2.87. The molecule has 2 rings (SSSR count). The highest BCUT2D eigenvalue weighted by Crippen LogP contribution is 2.18. The Balaban J connectivity index is 2.14. The molecule has 6 heteroatoms. The van der Waals surface area contributed by atoms with E-state index in [-0.39, 0.29) is 16.3 Å². The fourth-order valence-corrected chi connectivity index (χ4v) is 2.16. The van der Waals surface area contributed by atoms with Crippen LogP contribution >= 0.6 is 15.9 Å². The largest absolute Gasteiger partial charge is 0.354 e. The lowest BCUT2D eigenvalue weighted by Gasteiger charge is -2.19. The number of hydrogen-bond acceptors (Lipinski definition) is 2. The minimum Gasteiger partial charge on any atom is -0.354 e. The van der Waals surface area contributed by atoms with Crippen molar-refractivity contribution in [3.63, 3.8) is 0 Å². The van der Waals surface area contributed by atoms with Crippen LogP contribution in [0.25, 0.3) is 0 Å². The van der Waals surface area contributed by atoms with Crippen molar-refractivity contribution in [2.45, 2.75) is 6.42 Å². The highest BCUT2D eigenvalue weighted by atomic mass is 79.9. The zero-order valence-electron chi connectivity index (χ0n) is 9.58. The van der Waals surface area contributed by atoms with Crippen molar-refractivity contribution in [3.8, 4) is 0 Å². The number of halogens is 2. The number of carbonyl (C=O) groups is 2. The molecule has 96 valence electrons. The van der Waals surface area contributed by atoms with Gasteiger partial charge in [0.05, 0.1) is 4.47 Å². The van der Waals surface area contributed by atoms with Crippen LogP contribution in [0.3, 0.4) is 0 Å². The highest BCUT2D eigenvalue weighted by molar-refractivity contribution is 9.10. The van der Waals surface area contributed by atoms with E-state index in [1.807, 2.05) is 0 Å². The van der Waals surface area contributed by atoms with Gasteiger partial charge in [-0.2, -0.15) is 0 Å². The molecule has 1 aliphatic rings. The molecule has 0 bridgehead atoms. The van der Waals surface area contributed by atoms with Crippen LogP contribution in [0.2, 0.25) is 0 Å². The Hall–Kier alpha value is -1.43. The average molecular weight is 315 g/mol. The van der Waals surface area contributed by atoms with Crippen LogP contribution in [0.5, 0.6) is 0 Å². The fourth-order valence-electron chi connectivity index (χ4n) is 1.78. The number of hydrogen-bond donors (Lipinski definition) is 1. The maximum Gasteiger partial charge on any atom is 0.253 e. The van der Waals surface area contributed by atoms with E-state index in [2.05, 4.69) is 21.2 Å². The monoisotopic (exact) mass is 314 g/mol. The zero-order valence-corrected chi connectivity index (χ0v) is 11.2. The van der Waals surface area contributed by atoms with Gasteiger partial charge in [-0.1, -0.05) is 0 Å². The van der Waals surface area contributed by atoms with Crippen LogP contribution in [-0.4, -0.2) is 36.3 Å². The Labute approximate surface area is 112 Å². The summed E-state index contributed by atoms with van der Waals surface area (Å²) in [5.41, 5.74) is 0.414. The predicted octanol–water partition coefficient (Wildman–Crippen LogP) is 1.55. The molecule has 0 spiro atoms. The van der Waals surface area contributed by atoms with E-state index in [1.165, 1.54) is 18.2 Å². The van der Waals surface area contributed by atoms with Gasteiger partial charge in [0, 0.05) is 31.6 Å². The van der Waals surface area contributed by atoms with Crippen LogP contribution in [-0.2, 0) is 4.79 Å². The standard InChI is InChI=1S/C12H12BrFN2O2/c13-9-7-8(1-2-10(9)14)12(18)16-5-3-11(17)15-4-6-16/h1-2,7H,3-6H2,(H,15,17). The quantitative estimate of drug-likeness (QED) is 0.855. The van der Waals surface area contributed by atoms with Crippen molar-refractivity contribution >= 4 is 27.7 Å². The second-order valence-corrected chi connectivity index (χ2v) is 4.88. The molecule has 1 fully saturated rings. The van der Waals surface area contributed by atoms with E-state index in [0.29, 0.717) is 31.6 Å². The predicted molar refractivity (Wildman–Crippen MR) is 67.6 cm³/mol. The van der Waals surface area contributed by atoms with E-state index in [4.69, 9.17) is 0 Å². The molecule has 1 heterocycles. The molecule has 1 aromatic carbocycles. The molecule has 0 radical (unpaired) electrons. The molecule has 4 nitrogen and oxygen atoms in total. The van der Waals surface area contributed by atoms with Crippen LogP contribution in [0, 0.1) is 5.82 Å². The lowest BCUT2D eigenvalue weighted by Crippen LogP contribution is -2.34. The summed E-state index contributed by atoms with van der Waals surface area (Å²) < 4.78 is 13.4. The molecule has 1 saturated heterocycles. The van der Waals surface area contributed by atoms with Gasteiger partial charge in [-0.25, -0.2) is 4.39 Å². The molecule has 18 heavy (non-hydrogen) atoms. The molecule has 0 saturated carbocycles. The molecule has 1 N–H and O–H groups in total. The molecular weight excluding hydrogens is 303 g/mol. The summed E-state index contributed by atoms with van der Waals surface area (Å²) in [5.74, 6) is -0.642. The van der Waals surface area contributed by atoms with Crippen molar-refractivity contribution in [1.29, 1.82) is 0 Å². The van der Waals surface area contributed by atoms with Gasteiger partial charge in [0.1, 0.15) is 5.82 Å². The minimum atomic E-state index is -0.403. The molecule has 0 atom stereocenters. The van der Waals surface area contributed by atoms with Gasteiger partial charge in [-0.3, -0.25) is 9.59 Å². The number of carbonyl (C=O) groups excluding carboxylic acids is 2. The third-order valence-corrected chi connectivity index (χ3v) is 3.37. The Kier molecular flexibility index (Phi) is 3.96. The van der Waals surface area contributed by atoms with Crippen molar-refractivity contribution < 1.29 is 14.0 Å². The summed E-state index contributed by atoms with van der Waals surface area (Å²) >= 11 is 3.05. The minimum absolute atomic E-state index is 0.0504. The summed E-state index contributed by atoms with van der Waals surface area (Å²) in [4.78, 5) is 24.9. The molecule has 0 unspecified atom stereocenters. The fraction of sp³-hybridized carbons (Fsp3) is 0.333. The first-order valence-electron chi connectivity index (χ1n) is 5.59. The van der Waals surface area contributed by atoms with Crippen molar-refractivity contribution in [2.24, 2.45) is 0 Å². The van der Waals surface area contributed by atoms with E-state index in [1.54, 1.807) is 4.90 Å². The SMILES string of the molecule is O=C1CCN(C(=O)c2ccc(F)c(Br)c2)CCN1. The second kappa shape index (κ2) is 5.48. The summed E-state index contributed by atoms with van der Waals surface area (Å²) in [5, 5.41) is 2.70. The number of amides is 2. The van der Waals surface area contributed by atoms with Crippen LogP contribution in [0.4, 0.5) is 4.39 Å². The first-order valence-corrected chi connectivity index (χ1v) is 6.38. The Morgan fingerprint density at radius 3 is 2.89 bits per heavy atom. The Bertz CT molecular complexity index is 493. The molecule has 2 amide bonds. The first kappa shape index (κ1) is 13.0. The molecule has 0 aliphatic carbocycles. The van der Waals surface area contributed by atoms with Crippen molar-refractivity contribution in [2.75, 3.05) is 19.6 Å². The number of benzene rings is 1. The molecule has 1 aromatic rings. The second-order valence-electron chi connectivity index (χ2n) is 4.02. The number of rotatable bonds is 1. The van der Waals surface area contributed by atoms with Gasteiger partial charge in [0.25, 0.3) is 5.91 Å². The summed E-state index contributed by atoms with van der Waals surface area (Å²) in [6.07, 6.45) is 0.300. The van der Waals surface area contributed by atoms with Gasteiger partial charge >= 0.3 is 0 Å². The smallest absolute Gasteiger partial charge is 0.253 e. The molecule has 0 aromatic heterocycles. The lowest BCUT2D eigenvalue weighted by molar-refractivity contribution is -0.120. The maximum atomic E-state index is 13.1. The van der Waals surface area contributed by atoms with Gasteiger partial charge < -0.3 is 10.2 Å². The van der Waals surface area contributed by atoms with E-state index < -0.39 is 5.82 Å². The van der Waals surface area contributed by atoms with Gasteiger partial charge in [0.2, 0.25) is 5.91 Å². The van der Waals surface area contributed by atoms with Gasteiger partial charge in [0.15, 0.2) is 0 Å². The van der Waals surface area contributed by atoms with E-state index in [9.17, 15) is 14.0 Å². The van der Waals surface area contributed by atoms with Crippen LogP contribution in [0.15, 0.2) is 22.7 Å². The molecule has 1 aliphatic heterocycles. The third-order valence-electron chi connectivity index (χ3n) is 2.77. The van der Waals surface area contributed by atoms with E-state index in [0.717, 1.165) is 0 Å². The van der Waals surface area contributed by atoms with Gasteiger partial charge in [-0.15, -0.1) is 0 Å². The van der Waals surface area contributed by atoms with Gasteiger partial charge in [-0.05, 0) is 34.1 Å². The zero-order chi connectivity index (χ0) is 13.1. The molecular formula is C12H12BrFN2O2. The van der Waals surface area contributed by atoms with E-state index >= 15 is 0 Å². The van der Waals surface area contributed by atoms with Crippen LogP contribution < -0.4 is 5.32 Å². The summed E-state index contributed by atoms with van der Waals surface area (Å²) in [7, 11) is 0. The average Bonchev–Trinajstić information content (AvgIpc) is 2.57. The Morgan fingerprint density at radius 1 is 1.39 bits per heavy atom. The topological polar surface area (TPSA) is 49.4 Å². The number of nitrogens with zero attached hydrogens (tertiary/aromatic N) is 1. The maximum absolute atomic E-state index is 13.1. The lowest BCUT2D eigenvalue weighted by atomic mass is 10.2. The summed E-state index contributed by atoms with van der Waals surface area (Å²) in [6, 6.07) is 4.15. The van der Waals surface area contributed by atoms with Crippen LogP contribution in [0.1, 0.15) is 16.8 Å². The normalized spacial score (nSPS) is 16.1. The first-order chi connectivity index (χ1) is 8.58.